The molecule has 0 bridgehead atoms. The molecule has 1 aromatic heterocycles. The van der Waals surface area contributed by atoms with Crippen molar-refractivity contribution >= 4 is 0 Å². The van der Waals surface area contributed by atoms with Gasteiger partial charge in [0.15, 0.2) is 0 Å². The lowest BCUT2D eigenvalue weighted by atomic mass is 9.78. The molecule has 0 radical (unpaired) electrons. The number of aromatic nitrogens is 2. The van der Waals surface area contributed by atoms with Gasteiger partial charge in [0, 0.05) is 24.4 Å². The molecule has 0 saturated heterocycles. The van der Waals surface area contributed by atoms with Crippen LogP contribution in [-0.4, -0.2) is 16.6 Å². The van der Waals surface area contributed by atoms with Gasteiger partial charge in [-0.1, -0.05) is 96.6 Å². The van der Waals surface area contributed by atoms with Gasteiger partial charge in [-0.25, -0.2) is 9.97 Å². The highest BCUT2D eigenvalue weighted by Crippen LogP contribution is 2.34. The summed E-state index contributed by atoms with van der Waals surface area (Å²) in [5.74, 6) is 3.79. The molecule has 2 aromatic rings. The highest BCUT2D eigenvalue weighted by atomic mass is 16.5. The fourth-order valence-corrected chi connectivity index (χ4v) is 4.89. The van der Waals surface area contributed by atoms with Crippen LogP contribution in [0.3, 0.4) is 0 Å². The van der Waals surface area contributed by atoms with Crippen LogP contribution in [0.1, 0.15) is 103 Å². The Morgan fingerprint density at radius 2 is 1.34 bits per heavy atom. The molecule has 0 amide bonds. The van der Waals surface area contributed by atoms with E-state index in [1.54, 1.807) is 0 Å². The van der Waals surface area contributed by atoms with E-state index < -0.39 is 0 Å². The second kappa shape index (κ2) is 14.3. The second-order valence-corrected chi connectivity index (χ2v) is 9.74. The molecule has 0 unspecified atom stereocenters. The van der Waals surface area contributed by atoms with Crippen LogP contribution in [0.4, 0.5) is 0 Å². The number of rotatable bonds is 14. The SMILES string of the molecule is CCCCCCC[C@H]1CC[C@H](CCc2ncc(-c3ccc(OCCCC)cc3)cn2)CC1. The number of hydrogen-bond acceptors (Lipinski definition) is 3. The Bertz CT molecular complexity index is 733. The highest BCUT2D eigenvalue weighted by Gasteiger charge is 2.21. The van der Waals surface area contributed by atoms with Crippen molar-refractivity contribution in [2.75, 3.05) is 6.61 Å². The van der Waals surface area contributed by atoms with E-state index >= 15 is 0 Å². The fourth-order valence-electron chi connectivity index (χ4n) is 4.89. The van der Waals surface area contributed by atoms with Gasteiger partial charge in [-0.15, -0.1) is 0 Å². The number of benzene rings is 1. The molecule has 1 saturated carbocycles. The molecule has 0 atom stereocenters. The number of nitrogens with zero attached hydrogens (tertiary/aromatic N) is 2. The normalized spacial score (nSPS) is 18.6. The van der Waals surface area contributed by atoms with E-state index in [-0.39, 0.29) is 0 Å². The summed E-state index contributed by atoms with van der Waals surface area (Å²) in [5.41, 5.74) is 2.22. The number of hydrogen-bond donors (Lipinski definition) is 0. The van der Waals surface area contributed by atoms with E-state index in [4.69, 9.17) is 4.74 Å². The summed E-state index contributed by atoms with van der Waals surface area (Å²) in [4.78, 5) is 9.32. The molecule has 1 aliphatic carbocycles. The van der Waals surface area contributed by atoms with Gasteiger partial charge in [0.05, 0.1) is 6.61 Å². The Kier molecular flexibility index (Phi) is 11.0. The molecule has 0 aliphatic heterocycles. The largest absolute Gasteiger partial charge is 0.494 e. The summed E-state index contributed by atoms with van der Waals surface area (Å²) in [6.07, 6.45) is 22.7. The fraction of sp³-hybridized carbons (Fsp3) is 0.655. The smallest absolute Gasteiger partial charge is 0.128 e. The monoisotopic (exact) mass is 436 g/mol. The lowest BCUT2D eigenvalue weighted by molar-refractivity contribution is 0.248. The van der Waals surface area contributed by atoms with Gasteiger partial charge < -0.3 is 4.74 Å². The molecule has 0 N–H and O–H groups in total. The van der Waals surface area contributed by atoms with E-state index in [0.29, 0.717) is 0 Å². The number of unbranched alkanes of at least 4 members (excludes halogenated alkanes) is 5. The van der Waals surface area contributed by atoms with Gasteiger partial charge in [0.25, 0.3) is 0 Å². The zero-order chi connectivity index (χ0) is 22.4. The third-order valence-electron chi connectivity index (χ3n) is 7.12. The molecular formula is C29H44N2O. The van der Waals surface area contributed by atoms with Gasteiger partial charge in [-0.05, 0) is 42.4 Å². The summed E-state index contributed by atoms with van der Waals surface area (Å²) in [6, 6.07) is 8.28. The van der Waals surface area contributed by atoms with Crippen LogP contribution in [0, 0.1) is 11.8 Å². The maximum atomic E-state index is 5.75. The molecule has 0 spiro atoms. The lowest BCUT2D eigenvalue weighted by Crippen LogP contribution is -2.15. The first kappa shape index (κ1) is 24.7. The summed E-state index contributed by atoms with van der Waals surface area (Å²) < 4.78 is 5.75. The standard InChI is InChI=1S/C29H44N2O/c1-3-5-7-8-9-10-24-11-13-25(14-12-24)15-20-29-30-22-27(23-31-29)26-16-18-28(19-17-26)32-21-6-4-2/h16-19,22-25H,3-15,20-21H2,1-2H3/t24-,25-. The Balaban J connectivity index is 1.35. The highest BCUT2D eigenvalue weighted by molar-refractivity contribution is 5.62. The first-order chi connectivity index (χ1) is 15.8. The van der Waals surface area contributed by atoms with Crippen LogP contribution in [0.5, 0.6) is 5.75 Å². The molecule has 1 fully saturated rings. The molecule has 3 rings (SSSR count). The van der Waals surface area contributed by atoms with Gasteiger partial charge in [0.2, 0.25) is 0 Å². The van der Waals surface area contributed by atoms with Crippen molar-refractivity contribution in [3.8, 4) is 16.9 Å². The average molecular weight is 437 g/mol. The molecule has 1 aliphatic rings. The third kappa shape index (κ3) is 8.56. The second-order valence-electron chi connectivity index (χ2n) is 9.74. The van der Waals surface area contributed by atoms with Crippen molar-refractivity contribution in [3.05, 3.63) is 42.5 Å². The van der Waals surface area contributed by atoms with Gasteiger partial charge >= 0.3 is 0 Å². The maximum Gasteiger partial charge on any atom is 0.128 e. The molecule has 176 valence electrons. The Labute approximate surface area is 196 Å². The van der Waals surface area contributed by atoms with E-state index in [0.717, 1.165) is 60.4 Å². The van der Waals surface area contributed by atoms with E-state index in [2.05, 4.69) is 35.9 Å². The Hall–Kier alpha value is -1.90. The molecule has 32 heavy (non-hydrogen) atoms. The van der Waals surface area contributed by atoms with E-state index in [1.807, 2.05) is 24.5 Å². The molecular weight excluding hydrogens is 392 g/mol. The van der Waals surface area contributed by atoms with Crippen LogP contribution in [0.2, 0.25) is 0 Å². The zero-order valence-corrected chi connectivity index (χ0v) is 20.5. The maximum absolute atomic E-state index is 5.75. The molecule has 3 nitrogen and oxygen atoms in total. The molecule has 3 heteroatoms. The Morgan fingerprint density at radius 3 is 2.00 bits per heavy atom. The van der Waals surface area contributed by atoms with Crippen molar-refractivity contribution in [1.29, 1.82) is 0 Å². The quantitative estimate of drug-likeness (QED) is 0.279. The van der Waals surface area contributed by atoms with Gasteiger partial charge in [0.1, 0.15) is 11.6 Å². The number of ether oxygens (including phenoxy) is 1. The summed E-state index contributed by atoms with van der Waals surface area (Å²) >= 11 is 0. The first-order valence-corrected chi connectivity index (χ1v) is 13.3. The van der Waals surface area contributed by atoms with E-state index in [1.165, 1.54) is 70.6 Å². The first-order valence-electron chi connectivity index (χ1n) is 13.3. The predicted octanol–water partition coefficient (Wildman–Crippen LogP) is 8.42. The van der Waals surface area contributed by atoms with Crippen molar-refractivity contribution in [1.82, 2.24) is 9.97 Å². The van der Waals surface area contributed by atoms with Crippen LogP contribution >= 0.6 is 0 Å². The van der Waals surface area contributed by atoms with Crippen molar-refractivity contribution in [2.45, 2.75) is 104 Å². The van der Waals surface area contributed by atoms with Crippen molar-refractivity contribution < 1.29 is 4.74 Å². The van der Waals surface area contributed by atoms with Crippen LogP contribution in [0.15, 0.2) is 36.7 Å². The van der Waals surface area contributed by atoms with Crippen LogP contribution in [0.25, 0.3) is 11.1 Å². The summed E-state index contributed by atoms with van der Waals surface area (Å²) in [7, 11) is 0. The topological polar surface area (TPSA) is 35.0 Å². The minimum atomic E-state index is 0.786. The number of aryl methyl sites for hydroxylation is 1. The van der Waals surface area contributed by atoms with Gasteiger partial charge in [-0.3, -0.25) is 0 Å². The average Bonchev–Trinajstić information content (AvgIpc) is 2.84. The molecule has 1 aromatic carbocycles. The molecule has 1 heterocycles. The zero-order valence-electron chi connectivity index (χ0n) is 20.5. The van der Waals surface area contributed by atoms with Crippen molar-refractivity contribution in [2.24, 2.45) is 11.8 Å². The van der Waals surface area contributed by atoms with Crippen molar-refractivity contribution in [3.63, 3.8) is 0 Å². The Morgan fingerprint density at radius 1 is 0.719 bits per heavy atom. The minimum absolute atomic E-state index is 0.786. The van der Waals surface area contributed by atoms with Gasteiger partial charge in [-0.2, -0.15) is 0 Å². The summed E-state index contributed by atoms with van der Waals surface area (Å²) in [6.45, 7) is 5.26. The predicted molar refractivity (Wildman–Crippen MR) is 135 cm³/mol. The van der Waals surface area contributed by atoms with Crippen LogP contribution in [-0.2, 0) is 6.42 Å². The lowest BCUT2D eigenvalue weighted by Gasteiger charge is -2.28. The summed E-state index contributed by atoms with van der Waals surface area (Å²) in [5, 5.41) is 0. The minimum Gasteiger partial charge on any atom is -0.494 e. The third-order valence-corrected chi connectivity index (χ3v) is 7.12. The van der Waals surface area contributed by atoms with E-state index in [9.17, 15) is 0 Å². The van der Waals surface area contributed by atoms with Crippen LogP contribution < -0.4 is 4.74 Å².